The number of nitrogens with zero attached hydrogens (tertiary/aromatic N) is 2. The fraction of sp³-hybridized carbons (Fsp3) is 0.243. The van der Waals surface area contributed by atoms with Crippen molar-refractivity contribution in [1.82, 2.24) is 15.1 Å². The molecule has 4 aromatic rings. The van der Waals surface area contributed by atoms with E-state index in [9.17, 15) is 15.0 Å². The predicted molar refractivity (Wildman–Crippen MR) is 171 cm³/mol. The van der Waals surface area contributed by atoms with Crippen molar-refractivity contribution in [3.8, 4) is 0 Å². The third kappa shape index (κ3) is 5.42. The molecule has 230 valence electrons. The van der Waals surface area contributed by atoms with Crippen LogP contribution in [0.25, 0.3) is 0 Å². The second-order valence-electron chi connectivity index (χ2n) is 11.5. The molecule has 6 rings (SSSR count). The summed E-state index contributed by atoms with van der Waals surface area (Å²) in [7, 11) is 0. The fourth-order valence-electron chi connectivity index (χ4n) is 6.60. The zero-order valence-corrected chi connectivity index (χ0v) is 25.3. The minimum Gasteiger partial charge on any atom is -0.394 e. The molecule has 0 saturated carbocycles. The van der Waals surface area contributed by atoms with Crippen molar-refractivity contribution < 1.29 is 24.5 Å². The van der Waals surface area contributed by atoms with Gasteiger partial charge in [-0.25, -0.2) is 4.79 Å². The number of hydrogen-bond acceptors (Lipinski definition) is 5. The number of amides is 3. The molecule has 0 aromatic heterocycles. The number of carbonyl (C=O) groups is 2. The van der Waals surface area contributed by atoms with Gasteiger partial charge in [0, 0.05) is 18.2 Å². The molecule has 0 bridgehead atoms. The molecule has 4 aromatic carbocycles. The molecule has 0 aliphatic carbocycles. The predicted octanol–water partition coefficient (Wildman–Crippen LogP) is 5.07. The fourth-order valence-corrected chi connectivity index (χ4v) is 6.60. The van der Waals surface area contributed by atoms with Gasteiger partial charge in [0.2, 0.25) is 0 Å². The Labute approximate surface area is 263 Å². The first-order chi connectivity index (χ1) is 21.9. The quantitative estimate of drug-likeness (QED) is 0.244. The number of aliphatic hydroxyl groups excluding tert-OH is 2. The van der Waals surface area contributed by atoms with E-state index in [2.05, 4.69) is 5.32 Å². The monoisotopic (exact) mass is 603 g/mol. The Kier molecular flexibility index (Phi) is 8.54. The van der Waals surface area contributed by atoms with E-state index in [-0.39, 0.29) is 18.9 Å². The molecule has 3 amide bonds. The van der Waals surface area contributed by atoms with Crippen LogP contribution in [-0.2, 0) is 10.3 Å². The lowest BCUT2D eigenvalue weighted by Gasteiger charge is -2.52. The molecule has 8 heteroatoms. The minimum atomic E-state index is -1.22. The van der Waals surface area contributed by atoms with Crippen molar-refractivity contribution in [1.29, 1.82) is 0 Å². The Hall–Kier alpha value is -4.76. The first-order valence-corrected chi connectivity index (χ1v) is 15.1. The number of rotatable bonds is 8. The van der Waals surface area contributed by atoms with Gasteiger partial charge in [0.1, 0.15) is 24.0 Å². The van der Waals surface area contributed by atoms with Gasteiger partial charge in [-0.3, -0.25) is 14.6 Å². The van der Waals surface area contributed by atoms with Crippen molar-refractivity contribution in [2.24, 2.45) is 0 Å². The average molecular weight is 604 g/mol. The maximum absolute atomic E-state index is 15.2. The lowest BCUT2D eigenvalue weighted by Crippen LogP contribution is -2.65. The Morgan fingerprint density at radius 3 is 1.98 bits per heavy atom. The summed E-state index contributed by atoms with van der Waals surface area (Å²) < 4.78 is 5.98. The van der Waals surface area contributed by atoms with Crippen LogP contribution in [0.15, 0.2) is 121 Å². The van der Waals surface area contributed by atoms with Crippen LogP contribution in [0.2, 0.25) is 0 Å². The van der Waals surface area contributed by atoms with Crippen LogP contribution in [0.3, 0.4) is 0 Å². The zero-order chi connectivity index (χ0) is 31.6. The van der Waals surface area contributed by atoms with Gasteiger partial charge in [0.25, 0.3) is 5.91 Å². The lowest BCUT2D eigenvalue weighted by molar-refractivity contribution is -0.0614. The number of carbonyl (C=O) groups excluding carboxylic acids is 2. The maximum Gasteiger partial charge on any atom is 0.329 e. The van der Waals surface area contributed by atoms with Gasteiger partial charge < -0.3 is 20.3 Å². The summed E-state index contributed by atoms with van der Waals surface area (Å²) in [4.78, 5) is 32.0. The molecule has 1 fully saturated rings. The molecule has 2 aliphatic heterocycles. The molecule has 2 aliphatic rings. The molecule has 1 unspecified atom stereocenters. The van der Waals surface area contributed by atoms with Crippen molar-refractivity contribution >= 4 is 11.9 Å². The Morgan fingerprint density at radius 2 is 1.42 bits per heavy atom. The maximum atomic E-state index is 15.2. The Bertz CT molecular complexity index is 1650. The van der Waals surface area contributed by atoms with Gasteiger partial charge >= 0.3 is 6.03 Å². The summed E-state index contributed by atoms with van der Waals surface area (Å²) in [5, 5.41) is 23.5. The van der Waals surface area contributed by atoms with Crippen LogP contribution >= 0.6 is 0 Å². The molecule has 4 atom stereocenters. The van der Waals surface area contributed by atoms with Crippen LogP contribution < -0.4 is 5.32 Å². The van der Waals surface area contributed by atoms with Crippen LogP contribution in [0.1, 0.15) is 44.6 Å². The van der Waals surface area contributed by atoms with Gasteiger partial charge in [-0.1, -0.05) is 97.1 Å². The highest BCUT2D eigenvalue weighted by molar-refractivity contribution is 5.95. The molecule has 2 heterocycles. The zero-order valence-electron chi connectivity index (χ0n) is 25.3. The first kappa shape index (κ1) is 30.3. The van der Waals surface area contributed by atoms with E-state index in [4.69, 9.17) is 4.74 Å². The summed E-state index contributed by atoms with van der Waals surface area (Å²) in [6.07, 6.45) is 0.0554. The largest absolute Gasteiger partial charge is 0.394 e. The van der Waals surface area contributed by atoms with Gasteiger partial charge in [-0.2, -0.15) is 0 Å². The van der Waals surface area contributed by atoms with Crippen LogP contribution in [-0.4, -0.2) is 63.2 Å². The summed E-state index contributed by atoms with van der Waals surface area (Å²) in [6.45, 7) is 3.67. The third-order valence-corrected chi connectivity index (χ3v) is 8.77. The van der Waals surface area contributed by atoms with Crippen molar-refractivity contribution in [3.63, 3.8) is 0 Å². The molecule has 1 saturated heterocycles. The molecule has 0 radical (unpaired) electrons. The second-order valence-corrected chi connectivity index (χ2v) is 11.5. The van der Waals surface area contributed by atoms with E-state index in [0.717, 1.165) is 27.8 Å². The number of ether oxygens (including phenoxy) is 1. The average Bonchev–Trinajstić information content (AvgIpc) is 3.44. The second kappa shape index (κ2) is 12.7. The van der Waals surface area contributed by atoms with Gasteiger partial charge in [-0.05, 0) is 59.9 Å². The number of aryl methyl sites for hydroxylation is 2. The normalized spacial score (nSPS) is 21.6. The highest BCUT2D eigenvalue weighted by Gasteiger charge is 2.53. The molecule has 0 spiro atoms. The number of urea groups is 1. The van der Waals surface area contributed by atoms with E-state index < -0.39 is 36.2 Å². The standard InChI is InChI=1S/C37H37N3O5/c1-25-13-9-11-19-29(25)37(28-17-7-4-8-18-28,30-20-12-10-14-26(30)2)40-33(38-35(43)27-15-5-3-6-16-27)21-22-39(36(40)44)34-23-31(42)32(24-41)45-34/h3-22,31-34,41-42H,23-24H2,1-2H3,(H,38,43)/t31-,32+,33?,34+/m0/s1. The smallest absolute Gasteiger partial charge is 0.329 e. The molecule has 45 heavy (non-hydrogen) atoms. The number of hydrogen-bond donors (Lipinski definition) is 3. The van der Waals surface area contributed by atoms with E-state index in [1.165, 1.54) is 4.90 Å². The highest BCUT2D eigenvalue weighted by Crippen LogP contribution is 2.47. The van der Waals surface area contributed by atoms with Crippen molar-refractivity contribution in [2.45, 2.75) is 50.4 Å². The van der Waals surface area contributed by atoms with Gasteiger partial charge in [0.05, 0.1) is 12.7 Å². The van der Waals surface area contributed by atoms with E-state index in [0.29, 0.717) is 5.56 Å². The number of nitrogens with one attached hydrogen (secondary N) is 1. The minimum absolute atomic E-state index is 0.128. The SMILES string of the molecule is Cc1ccccc1C(c1ccccc1)(c1ccccc1C)N1C(=O)N([C@H]2C[C@H](O)[C@@H](CO)O2)C=CC1NC(=O)c1ccccc1. The molecule has 8 nitrogen and oxygen atoms in total. The third-order valence-electron chi connectivity index (χ3n) is 8.77. The van der Waals surface area contributed by atoms with Crippen molar-refractivity contribution in [3.05, 3.63) is 155 Å². The molecule has 3 N–H and O–H groups in total. The van der Waals surface area contributed by atoms with Crippen LogP contribution in [0.5, 0.6) is 0 Å². The van der Waals surface area contributed by atoms with E-state index in [1.54, 1.807) is 41.4 Å². The first-order valence-electron chi connectivity index (χ1n) is 15.1. The van der Waals surface area contributed by atoms with Crippen LogP contribution in [0.4, 0.5) is 4.79 Å². The van der Waals surface area contributed by atoms with Gasteiger partial charge in [-0.15, -0.1) is 0 Å². The topological polar surface area (TPSA) is 102 Å². The Balaban J connectivity index is 1.62. The summed E-state index contributed by atoms with van der Waals surface area (Å²) in [6, 6.07) is 34.3. The highest BCUT2D eigenvalue weighted by atomic mass is 16.5. The summed E-state index contributed by atoms with van der Waals surface area (Å²) >= 11 is 0. The number of aliphatic hydroxyl groups is 2. The van der Waals surface area contributed by atoms with E-state index >= 15 is 4.79 Å². The summed E-state index contributed by atoms with van der Waals surface area (Å²) in [5.74, 6) is -0.332. The molecular formula is C37H37N3O5. The number of benzene rings is 4. The summed E-state index contributed by atoms with van der Waals surface area (Å²) in [5.41, 5.74) is 3.73. The van der Waals surface area contributed by atoms with Gasteiger partial charge in [0.15, 0.2) is 0 Å². The Morgan fingerprint density at radius 1 is 0.867 bits per heavy atom. The van der Waals surface area contributed by atoms with Crippen LogP contribution in [0, 0.1) is 13.8 Å². The van der Waals surface area contributed by atoms with Crippen molar-refractivity contribution in [2.75, 3.05) is 6.61 Å². The molecular weight excluding hydrogens is 566 g/mol. The van der Waals surface area contributed by atoms with E-state index in [1.807, 2.05) is 98.8 Å². The lowest BCUT2D eigenvalue weighted by atomic mass is 9.72.